The first kappa shape index (κ1) is 43.4. The Labute approximate surface area is 353 Å². The number of carbonyl (C=O) groups is 2. The van der Waals surface area contributed by atoms with Crippen molar-refractivity contribution in [1.82, 2.24) is 10.1 Å². The second-order valence-electron chi connectivity index (χ2n) is 17.2. The highest BCUT2D eigenvalue weighted by molar-refractivity contribution is 6.74. The summed E-state index contributed by atoms with van der Waals surface area (Å²) < 4.78 is 72.3. The summed E-state index contributed by atoms with van der Waals surface area (Å²) in [6.45, 7) is 18.1. The predicted molar refractivity (Wildman–Crippen MR) is 225 cm³/mol. The van der Waals surface area contributed by atoms with E-state index in [0.717, 1.165) is 11.6 Å². The van der Waals surface area contributed by atoms with E-state index in [2.05, 4.69) is 23.1 Å². The Morgan fingerprint density at radius 2 is 1.54 bits per heavy atom. The van der Waals surface area contributed by atoms with Gasteiger partial charge in [0.25, 0.3) is 5.88 Å². The van der Waals surface area contributed by atoms with Crippen LogP contribution in [0, 0.1) is 11.8 Å². The molecule has 3 N–H and O–H groups in total. The number of nitrogens with zero attached hydrogens (tertiary/aromatic N) is 2. The molecule has 0 bridgehead atoms. The maximum absolute atomic E-state index is 16.0. The SMILES string of the molecule is C=CCN(CC=C)[C@@H]1c2onc(OCc3ccccc3)c2C(=O)C2(O[Si](C)(C)C(C)(C)C)C(=O)C3=C(O)c4c(c(OC(F)(F)F)cc(N)c4OCc4ccccc4)C[C@H]3C[C@@H]12. The van der Waals surface area contributed by atoms with Crippen molar-refractivity contribution in [2.24, 2.45) is 11.8 Å². The lowest BCUT2D eigenvalue weighted by atomic mass is 9.57. The number of aliphatic hydroxyl groups is 1. The van der Waals surface area contributed by atoms with Crippen LogP contribution in [0.5, 0.6) is 17.4 Å². The van der Waals surface area contributed by atoms with Crippen molar-refractivity contribution in [3.8, 4) is 17.4 Å². The number of fused-ring (bicyclic) bond motifs is 4. The van der Waals surface area contributed by atoms with E-state index in [4.69, 9.17) is 24.2 Å². The minimum atomic E-state index is -5.12. The molecule has 4 atom stereocenters. The van der Waals surface area contributed by atoms with Gasteiger partial charge >= 0.3 is 6.36 Å². The molecule has 15 heteroatoms. The van der Waals surface area contributed by atoms with Crippen LogP contribution in [0.3, 0.4) is 0 Å². The van der Waals surface area contributed by atoms with Gasteiger partial charge in [0.1, 0.15) is 30.3 Å². The van der Waals surface area contributed by atoms with E-state index in [1.54, 1.807) is 36.4 Å². The third-order valence-corrected chi connectivity index (χ3v) is 16.7. The lowest BCUT2D eigenvalue weighted by Gasteiger charge is -2.55. The zero-order valence-corrected chi connectivity index (χ0v) is 35.8. The molecule has 11 nitrogen and oxygen atoms in total. The number of hydrogen-bond donors (Lipinski definition) is 2. The first-order valence-corrected chi connectivity index (χ1v) is 23.0. The summed E-state index contributed by atoms with van der Waals surface area (Å²) in [5.74, 6) is -4.97. The summed E-state index contributed by atoms with van der Waals surface area (Å²) in [4.78, 5) is 33.6. The quantitative estimate of drug-likeness (QED) is 0.0541. The van der Waals surface area contributed by atoms with Crippen LogP contribution < -0.4 is 19.9 Å². The molecule has 1 unspecified atom stereocenters. The van der Waals surface area contributed by atoms with Gasteiger partial charge in [0.15, 0.2) is 25.4 Å². The normalized spacial score (nSPS) is 21.3. The lowest BCUT2D eigenvalue weighted by Crippen LogP contribution is -2.68. The fourth-order valence-corrected chi connectivity index (χ4v) is 10.0. The van der Waals surface area contributed by atoms with E-state index in [-0.39, 0.29) is 84.5 Å². The molecule has 61 heavy (non-hydrogen) atoms. The van der Waals surface area contributed by atoms with Gasteiger partial charge < -0.3 is 34.0 Å². The fraction of sp³-hybridized carbons (Fsp3) is 0.370. The second kappa shape index (κ2) is 16.3. The molecule has 0 saturated heterocycles. The number of carbonyl (C=O) groups excluding carboxylic acids is 2. The minimum absolute atomic E-state index is 0.0171. The van der Waals surface area contributed by atoms with Gasteiger partial charge in [0.2, 0.25) is 11.6 Å². The van der Waals surface area contributed by atoms with Gasteiger partial charge in [-0.15, -0.1) is 26.3 Å². The van der Waals surface area contributed by atoms with Gasteiger partial charge in [-0.25, -0.2) is 0 Å². The average Bonchev–Trinajstić information content (AvgIpc) is 3.61. The molecule has 3 aromatic carbocycles. The Kier molecular flexibility index (Phi) is 11.6. The van der Waals surface area contributed by atoms with E-state index in [0.29, 0.717) is 5.56 Å². The zero-order valence-electron chi connectivity index (χ0n) is 34.8. The number of halogens is 3. The highest BCUT2D eigenvalue weighted by Crippen LogP contribution is 2.60. The largest absolute Gasteiger partial charge is 0.573 e. The summed E-state index contributed by atoms with van der Waals surface area (Å²) in [5, 5.41) is 16.2. The van der Waals surface area contributed by atoms with Crippen molar-refractivity contribution in [1.29, 1.82) is 0 Å². The molecular weight excluding hydrogens is 808 g/mol. The van der Waals surface area contributed by atoms with E-state index in [1.807, 2.05) is 75.2 Å². The summed E-state index contributed by atoms with van der Waals surface area (Å²) >= 11 is 0. The number of aromatic nitrogens is 1. The van der Waals surface area contributed by atoms with Crippen molar-refractivity contribution in [2.75, 3.05) is 18.8 Å². The van der Waals surface area contributed by atoms with Crippen LogP contribution in [0.15, 0.2) is 102 Å². The smallest absolute Gasteiger partial charge is 0.507 e. The molecule has 1 aromatic heterocycles. The van der Waals surface area contributed by atoms with Gasteiger partial charge in [-0.1, -0.05) is 93.6 Å². The Hall–Kier alpha value is -5.64. The third-order valence-electron chi connectivity index (χ3n) is 12.3. The van der Waals surface area contributed by atoms with Crippen LogP contribution in [0.1, 0.15) is 71.6 Å². The van der Waals surface area contributed by atoms with Gasteiger partial charge in [-0.3, -0.25) is 14.5 Å². The minimum Gasteiger partial charge on any atom is -0.507 e. The first-order valence-electron chi connectivity index (χ1n) is 20.1. The number of aliphatic hydroxyl groups excluding tert-OH is 1. The highest BCUT2D eigenvalue weighted by Gasteiger charge is 2.69. The van der Waals surface area contributed by atoms with Crippen LogP contribution in [0.4, 0.5) is 18.9 Å². The Morgan fingerprint density at radius 3 is 2.10 bits per heavy atom. The number of ketones is 2. The summed E-state index contributed by atoms with van der Waals surface area (Å²) in [6, 6.07) is 18.3. The number of alkyl halides is 3. The third kappa shape index (κ3) is 7.90. The van der Waals surface area contributed by atoms with E-state index in [1.165, 1.54) is 0 Å². The van der Waals surface area contributed by atoms with Crippen molar-refractivity contribution >= 4 is 31.3 Å². The van der Waals surface area contributed by atoms with Crippen molar-refractivity contribution in [2.45, 2.75) is 83.0 Å². The Bertz CT molecular complexity index is 2360. The number of benzene rings is 3. The van der Waals surface area contributed by atoms with Crippen molar-refractivity contribution in [3.05, 3.63) is 131 Å². The average molecular weight is 858 g/mol. The van der Waals surface area contributed by atoms with Crippen LogP contribution in [0.2, 0.25) is 18.1 Å². The molecule has 0 aliphatic heterocycles. The number of rotatable bonds is 14. The Morgan fingerprint density at radius 1 is 0.951 bits per heavy atom. The fourth-order valence-electron chi connectivity index (χ4n) is 8.56. The molecule has 3 aliphatic carbocycles. The number of Topliss-reactive ketones (excluding diaryl/α,β-unsaturated/α-hetero) is 2. The molecule has 0 spiro atoms. The standard InChI is InChI=1S/C46H50F3N3O8Si/c1-8-20-52(21-9-2)37-31-23-29-22-30-33(58-46(47,48)49)24-32(50)39(56-25-27-16-12-10-13-17-27)35(30)38(53)34(29)41(54)45(31,60-61(6,7)44(3,4)5)42(55)36-40(37)59-51-43(36)57-26-28-18-14-11-15-19-28/h8-19,24,29,31,37,53H,1-2,20-23,25-26,50H2,3-7H3/t29-,31-,37-,45?/m0/s1. The van der Waals surface area contributed by atoms with Crippen LogP contribution in [-0.2, 0) is 28.9 Å². The monoisotopic (exact) mass is 857 g/mol. The van der Waals surface area contributed by atoms with E-state index >= 15 is 9.59 Å². The number of nitrogen functional groups attached to an aromatic ring is 1. The van der Waals surface area contributed by atoms with Gasteiger partial charge in [0, 0.05) is 36.2 Å². The topological polar surface area (TPSA) is 147 Å². The molecule has 1 saturated carbocycles. The molecular formula is C46H50F3N3O8Si. The van der Waals surface area contributed by atoms with Crippen LogP contribution >= 0.6 is 0 Å². The van der Waals surface area contributed by atoms with Gasteiger partial charge in [-0.05, 0) is 53.2 Å². The molecule has 0 radical (unpaired) electrons. The van der Waals surface area contributed by atoms with Gasteiger partial charge in [-0.2, -0.15) is 0 Å². The molecule has 1 fully saturated rings. The Balaban J connectivity index is 1.47. The molecule has 7 rings (SSSR count). The predicted octanol–water partition coefficient (Wildman–Crippen LogP) is 9.72. The number of anilines is 1. The van der Waals surface area contributed by atoms with Crippen molar-refractivity contribution < 1.29 is 51.0 Å². The second-order valence-corrected chi connectivity index (χ2v) is 21.9. The van der Waals surface area contributed by atoms with E-state index in [9.17, 15) is 18.3 Å². The van der Waals surface area contributed by atoms with E-state index < -0.39 is 66.3 Å². The molecule has 4 aromatic rings. The zero-order chi connectivity index (χ0) is 44.1. The molecule has 3 aliphatic rings. The maximum atomic E-state index is 16.0. The summed E-state index contributed by atoms with van der Waals surface area (Å²) in [5.41, 5.74) is 4.80. The molecule has 1 heterocycles. The maximum Gasteiger partial charge on any atom is 0.573 e. The molecule has 322 valence electrons. The highest BCUT2D eigenvalue weighted by atomic mass is 28.4. The van der Waals surface area contributed by atoms with Crippen LogP contribution in [0.25, 0.3) is 5.76 Å². The van der Waals surface area contributed by atoms with Crippen LogP contribution in [-0.4, -0.2) is 60.1 Å². The number of ether oxygens (including phenoxy) is 3. The first-order chi connectivity index (χ1) is 28.8. The molecule has 0 amide bonds. The summed E-state index contributed by atoms with van der Waals surface area (Å²) in [7, 11) is -3.13. The van der Waals surface area contributed by atoms with Crippen molar-refractivity contribution in [3.63, 3.8) is 0 Å². The summed E-state index contributed by atoms with van der Waals surface area (Å²) in [6.07, 6.45) is -2.02. The number of hydrogen-bond acceptors (Lipinski definition) is 11. The van der Waals surface area contributed by atoms with Gasteiger partial charge in [0.05, 0.1) is 17.3 Å². The lowest BCUT2D eigenvalue weighted by molar-refractivity contribution is -0.275. The number of nitrogens with two attached hydrogens (primary N) is 1.